The zero-order valence-electron chi connectivity index (χ0n) is 17.4. The molecule has 3 aromatic rings. The number of nitrogens with one attached hydrogen (secondary N) is 2. The van der Waals surface area contributed by atoms with Gasteiger partial charge in [0.25, 0.3) is 5.91 Å². The molecule has 0 fully saturated rings. The Bertz CT molecular complexity index is 989. The molecule has 2 atom stereocenters. The number of halogens is 1. The molecule has 31 heavy (non-hydrogen) atoms. The van der Waals surface area contributed by atoms with Crippen molar-refractivity contribution in [2.75, 3.05) is 26.3 Å². The molecule has 0 saturated heterocycles. The van der Waals surface area contributed by atoms with Gasteiger partial charge in [-0.25, -0.2) is 4.39 Å². The van der Waals surface area contributed by atoms with Crippen molar-refractivity contribution in [2.45, 2.75) is 24.9 Å². The standard InChI is InChI=1S/C23H30FN5O2/c24-16-9-7-15(8-10-16)21-19-5-1-2-6-20(19)29-22(21)23(30)28-12-18(27)14-31-13-17(26)4-3-11-25/h1-2,5-10,17-18,29H,3-4,11-14,25-27H2,(H,28,30)/t17-,18+/m0/s1. The van der Waals surface area contributed by atoms with Crippen LogP contribution in [0.15, 0.2) is 48.5 Å². The molecule has 1 aromatic heterocycles. The van der Waals surface area contributed by atoms with Gasteiger partial charge in [-0.1, -0.05) is 30.3 Å². The lowest BCUT2D eigenvalue weighted by molar-refractivity contribution is 0.0909. The Morgan fingerprint density at radius 2 is 1.77 bits per heavy atom. The first-order chi connectivity index (χ1) is 15.0. The number of nitrogens with two attached hydrogens (primary N) is 3. The number of carbonyl (C=O) groups excluding carboxylic acids is 1. The monoisotopic (exact) mass is 427 g/mol. The molecule has 1 heterocycles. The van der Waals surface area contributed by atoms with Gasteiger partial charge in [-0.3, -0.25) is 4.79 Å². The fourth-order valence-corrected chi connectivity index (χ4v) is 3.43. The second-order valence-electron chi connectivity index (χ2n) is 7.63. The van der Waals surface area contributed by atoms with Gasteiger partial charge in [-0.15, -0.1) is 0 Å². The topological polar surface area (TPSA) is 132 Å². The lowest BCUT2D eigenvalue weighted by Crippen LogP contribution is -2.41. The van der Waals surface area contributed by atoms with E-state index in [1.807, 2.05) is 24.3 Å². The minimum absolute atomic E-state index is 0.0741. The van der Waals surface area contributed by atoms with Crippen molar-refractivity contribution in [2.24, 2.45) is 17.2 Å². The number of hydrogen-bond donors (Lipinski definition) is 5. The number of benzene rings is 2. The van der Waals surface area contributed by atoms with Crippen LogP contribution in [0, 0.1) is 5.82 Å². The van der Waals surface area contributed by atoms with Gasteiger partial charge in [0.15, 0.2) is 0 Å². The summed E-state index contributed by atoms with van der Waals surface area (Å²) in [6.07, 6.45) is 1.66. The molecule has 2 aromatic carbocycles. The molecule has 1 amide bonds. The summed E-state index contributed by atoms with van der Waals surface area (Å²) < 4.78 is 19.0. The molecule has 0 saturated carbocycles. The van der Waals surface area contributed by atoms with Crippen LogP contribution in [0.3, 0.4) is 0 Å². The van der Waals surface area contributed by atoms with Crippen LogP contribution in [-0.4, -0.2) is 49.3 Å². The van der Waals surface area contributed by atoms with Gasteiger partial charge in [0.05, 0.1) is 13.2 Å². The van der Waals surface area contributed by atoms with E-state index >= 15 is 0 Å². The molecule has 0 spiro atoms. The first-order valence-corrected chi connectivity index (χ1v) is 10.4. The summed E-state index contributed by atoms with van der Waals surface area (Å²) in [5, 5.41) is 3.74. The maximum Gasteiger partial charge on any atom is 0.268 e. The molecular weight excluding hydrogens is 397 g/mol. The SMILES string of the molecule is NCCC[C@H](N)COC[C@H](N)CNC(=O)c1[nH]c2ccccc2c1-c1ccc(F)cc1. The molecule has 0 radical (unpaired) electrons. The third-order valence-corrected chi connectivity index (χ3v) is 5.03. The van der Waals surface area contributed by atoms with Crippen LogP contribution in [-0.2, 0) is 4.74 Å². The van der Waals surface area contributed by atoms with E-state index in [2.05, 4.69) is 10.3 Å². The number of rotatable bonds is 11. The van der Waals surface area contributed by atoms with Crippen LogP contribution in [0.1, 0.15) is 23.3 Å². The smallest absolute Gasteiger partial charge is 0.268 e. The Hall–Kier alpha value is -2.78. The maximum atomic E-state index is 13.4. The molecule has 8 heteroatoms. The number of fused-ring (bicyclic) bond motifs is 1. The average molecular weight is 428 g/mol. The summed E-state index contributed by atoms with van der Waals surface area (Å²) in [6.45, 7) is 1.54. The second-order valence-corrected chi connectivity index (χ2v) is 7.63. The highest BCUT2D eigenvalue weighted by Crippen LogP contribution is 2.32. The molecule has 7 nitrogen and oxygen atoms in total. The van der Waals surface area contributed by atoms with Crippen molar-refractivity contribution in [1.82, 2.24) is 10.3 Å². The molecule has 8 N–H and O–H groups in total. The number of aromatic amines is 1. The molecule has 0 unspecified atom stereocenters. The van der Waals surface area contributed by atoms with Gasteiger partial charge >= 0.3 is 0 Å². The number of ether oxygens (including phenoxy) is 1. The number of para-hydroxylation sites is 1. The van der Waals surface area contributed by atoms with Crippen LogP contribution in [0.5, 0.6) is 0 Å². The van der Waals surface area contributed by atoms with Crippen LogP contribution in [0.2, 0.25) is 0 Å². The number of aromatic nitrogens is 1. The van der Waals surface area contributed by atoms with Crippen LogP contribution < -0.4 is 22.5 Å². The molecule has 0 bridgehead atoms. The van der Waals surface area contributed by atoms with Gasteiger partial charge in [0, 0.05) is 35.1 Å². The van der Waals surface area contributed by atoms with Crippen molar-refractivity contribution in [3.8, 4) is 11.1 Å². The van der Waals surface area contributed by atoms with Crippen molar-refractivity contribution in [3.05, 3.63) is 60.0 Å². The van der Waals surface area contributed by atoms with E-state index in [0.29, 0.717) is 18.8 Å². The number of H-pyrrole nitrogens is 1. The fraction of sp³-hybridized carbons (Fsp3) is 0.348. The normalized spacial score (nSPS) is 13.3. The Morgan fingerprint density at radius 3 is 2.52 bits per heavy atom. The predicted octanol–water partition coefficient (Wildman–Crippen LogP) is 2.11. The molecule has 0 aliphatic rings. The largest absolute Gasteiger partial charge is 0.378 e. The highest BCUT2D eigenvalue weighted by Gasteiger charge is 2.19. The summed E-state index contributed by atoms with van der Waals surface area (Å²) in [4.78, 5) is 16.1. The van der Waals surface area contributed by atoms with E-state index in [1.54, 1.807) is 12.1 Å². The third-order valence-electron chi connectivity index (χ3n) is 5.03. The van der Waals surface area contributed by atoms with Crippen LogP contribution in [0.25, 0.3) is 22.0 Å². The molecular formula is C23H30FN5O2. The fourth-order valence-electron chi connectivity index (χ4n) is 3.43. The average Bonchev–Trinajstić information content (AvgIpc) is 3.16. The van der Waals surface area contributed by atoms with Gasteiger partial charge in [-0.05, 0) is 43.1 Å². The summed E-state index contributed by atoms with van der Waals surface area (Å²) in [5.74, 6) is -0.617. The molecule has 3 rings (SSSR count). The lowest BCUT2D eigenvalue weighted by atomic mass is 10.0. The Balaban J connectivity index is 1.64. The highest BCUT2D eigenvalue weighted by molar-refractivity contribution is 6.09. The zero-order chi connectivity index (χ0) is 22.2. The zero-order valence-corrected chi connectivity index (χ0v) is 17.4. The first-order valence-electron chi connectivity index (χ1n) is 10.4. The highest BCUT2D eigenvalue weighted by atomic mass is 19.1. The van der Waals surface area contributed by atoms with E-state index < -0.39 is 0 Å². The number of amides is 1. The van der Waals surface area contributed by atoms with Crippen LogP contribution >= 0.6 is 0 Å². The number of carbonyl (C=O) groups is 1. The molecule has 166 valence electrons. The van der Waals surface area contributed by atoms with Crippen molar-refractivity contribution >= 4 is 16.8 Å². The van der Waals surface area contributed by atoms with Gasteiger partial charge in [0.1, 0.15) is 11.5 Å². The van der Waals surface area contributed by atoms with E-state index in [1.165, 1.54) is 12.1 Å². The first kappa shape index (κ1) is 22.9. The second kappa shape index (κ2) is 11.0. The Kier molecular flexibility index (Phi) is 8.13. The van der Waals surface area contributed by atoms with E-state index in [9.17, 15) is 9.18 Å². The summed E-state index contributed by atoms with van der Waals surface area (Å²) in [6, 6.07) is 13.2. The van der Waals surface area contributed by atoms with Crippen molar-refractivity contribution in [1.29, 1.82) is 0 Å². The lowest BCUT2D eigenvalue weighted by Gasteiger charge is -2.16. The van der Waals surface area contributed by atoms with Gasteiger partial charge < -0.3 is 32.2 Å². The Morgan fingerprint density at radius 1 is 1.06 bits per heavy atom. The third kappa shape index (κ3) is 6.11. The van der Waals surface area contributed by atoms with Gasteiger partial charge in [0.2, 0.25) is 0 Å². The minimum atomic E-state index is -0.371. The quantitative estimate of drug-likeness (QED) is 0.320. The Labute approximate surface area is 181 Å². The van der Waals surface area contributed by atoms with Gasteiger partial charge in [-0.2, -0.15) is 0 Å². The summed E-state index contributed by atoms with van der Waals surface area (Å²) >= 11 is 0. The van der Waals surface area contributed by atoms with E-state index in [4.69, 9.17) is 21.9 Å². The minimum Gasteiger partial charge on any atom is -0.378 e. The number of hydrogen-bond acceptors (Lipinski definition) is 5. The summed E-state index contributed by atoms with van der Waals surface area (Å²) in [7, 11) is 0. The predicted molar refractivity (Wildman–Crippen MR) is 121 cm³/mol. The molecule has 0 aliphatic heterocycles. The van der Waals surface area contributed by atoms with Crippen molar-refractivity contribution in [3.63, 3.8) is 0 Å². The van der Waals surface area contributed by atoms with Crippen molar-refractivity contribution < 1.29 is 13.9 Å². The van der Waals surface area contributed by atoms with E-state index in [0.717, 1.165) is 34.9 Å². The summed E-state index contributed by atoms with van der Waals surface area (Å²) in [5.41, 5.74) is 20.2. The van der Waals surface area contributed by atoms with Crippen LogP contribution in [0.4, 0.5) is 4.39 Å². The molecule has 0 aliphatic carbocycles. The van der Waals surface area contributed by atoms with E-state index in [-0.39, 0.29) is 37.0 Å². The maximum absolute atomic E-state index is 13.4.